The van der Waals surface area contributed by atoms with Crippen LogP contribution in [0.4, 0.5) is 0 Å². The molecule has 2 aromatic rings. The van der Waals surface area contributed by atoms with Gasteiger partial charge in [-0.25, -0.2) is 0 Å². The second-order valence-corrected chi connectivity index (χ2v) is 4.65. The van der Waals surface area contributed by atoms with E-state index in [-0.39, 0.29) is 0 Å². The maximum Gasteiger partial charge on any atom is 0.488 e. The molecule has 0 saturated carbocycles. The second kappa shape index (κ2) is 5.91. The third kappa shape index (κ3) is 3.59. The Balaban J connectivity index is 2.00. The van der Waals surface area contributed by atoms with Crippen LogP contribution in [0.25, 0.3) is 0 Å². The summed E-state index contributed by atoms with van der Waals surface area (Å²) in [7, 11) is -1.42. The molecule has 0 fully saturated rings. The van der Waals surface area contributed by atoms with Gasteiger partial charge in [-0.1, -0.05) is 30.3 Å². The van der Waals surface area contributed by atoms with Gasteiger partial charge in [-0.15, -0.1) is 0 Å². The average Bonchev–Trinajstić information content (AvgIpc) is 2.40. The zero-order valence-corrected chi connectivity index (χ0v) is 11.1. The summed E-state index contributed by atoms with van der Waals surface area (Å²) in [6.45, 7) is 4.59. The number of aryl methyl sites for hydroxylation is 2. The molecule has 0 heterocycles. The molecule has 3 nitrogen and oxygen atoms in total. The van der Waals surface area contributed by atoms with E-state index in [4.69, 9.17) is 14.8 Å². The SMILES string of the molecule is Cc1ccc(OCc2ccc(B(O)O)cc2)cc1C. The van der Waals surface area contributed by atoms with Crippen molar-refractivity contribution in [2.45, 2.75) is 20.5 Å². The van der Waals surface area contributed by atoms with Crippen LogP contribution >= 0.6 is 0 Å². The quantitative estimate of drug-likeness (QED) is 0.816. The van der Waals surface area contributed by atoms with Crippen molar-refractivity contribution in [3.63, 3.8) is 0 Å². The summed E-state index contributed by atoms with van der Waals surface area (Å²) in [5.74, 6) is 0.842. The first-order valence-electron chi connectivity index (χ1n) is 6.21. The molecule has 2 rings (SSSR count). The normalized spacial score (nSPS) is 10.3. The molecule has 0 radical (unpaired) electrons. The maximum atomic E-state index is 9.00. The monoisotopic (exact) mass is 256 g/mol. The number of hydrogen-bond donors (Lipinski definition) is 2. The summed E-state index contributed by atoms with van der Waals surface area (Å²) in [6, 6.07) is 13.0. The van der Waals surface area contributed by atoms with Crippen LogP contribution in [0.3, 0.4) is 0 Å². The highest BCUT2D eigenvalue weighted by molar-refractivity contribution is 6.58. The summed E-state index contributed by atoms with van der Waals surface area (Å²) in [6.07, 6.45) is 0. The van der Waals surface area contributed by atoms with E-state index < -0.39 is 7.12 Å². The highest BCUT2D eigenvalue weighted by Gasteiger charge is 2.09. The fourth-order valence-corrected chi connectivity index (χ4v) is 1.76. The van der Waals surface area contributed by atoms with Crippen molar-refractivity contribution < 1.29 is 14.8 Å². The Labute approximate surface area is 113 Å². The third-order valence-electron chi connectivity index (χ3n) is 3.16. The van der Waals surface area contributed by atoms with E-state index in [1.807, 2.05) is 30.3 Å². The molecule has 19 heavy (non-hydrogen) atoms. The van der Waals surface area contributed by atoms with Gasteiger partial charge in [-0.05, 0) is 48.1 Å². The van der Waals surface area contributed by atoms with Gasteiger partial charge < -0.3 is 14.8 Å². The largest absolute Gasteiger partial charge is 0.489 e. The van der Waals surface area contributed by atoms with Crippen LogP contribution in [0.5, 0.6) is 5.75 Å². The lowest BCUT2D eigenvalue weighted by Gasteiger charge is -2.09. The minimum absolute atomic E-state index is 0.463. The predicted molar refractivity (Wildman–Crippen MR) is 76.5 cm³/mol. The predicted octanol–water partition coefficient (Wildman–Crippen LogP) is 1.56. The van der Waals surface area contributed by atoms with E-state index in [0.717, 1.165) is 11.3 Å². The Morgan fingerprint density at radius 1 is 0.947 bits per heavy atom. The van der Waals surface area contributed by atoms with Crippen molar-refractivity contribution in [2.75, 3.05) is 0 Å². The summed E-state index contributed by atoms with van der Waals surface area (Å²) in [5, 5.41) is 18.0. The molecule has 0 aliphatic carbocycles. The Morgan fingerprint density at radius 3 is 2.21 bits per heavy atom. The highest BCUT2D eigenvalue weighted by atomic mass is 16.5. The fraction of sp³-hybridized carbons (Fsp3) is 0.200. The lowest BCUT2D eigenvalue weighted by Crippen LogP contribution is -2.29. The first-order valence-corrected chi connectivity index (χ1v) is 6.21. The summed E-state index contributed by atoms with van der Waals surface area (Å²) in [4.78, 5) is 0. The van der Waals surface area contributed by atoms with E-state index >= 15 is 0 Å². The molecule has 98 valence electrons. The fourth-order valence-electron chi connectivity index (χ4n) is 1.76. The number of rotatable bonds is 4. The molecule has 0 aromatic heterocycles. The molecule has 0 atom stereocenters. The van der Waals surface area contributed by atoms with E-state index in [1.54, 1.807) is 12.1 Å². The second-order valence-electron chi connectivity index (χ2n) is 4.65. The molecule has 0 unspecified atom stereocenters. The standard InChI is InChI=1S/C15H17BO3/c1-11-3-8-15(9-12(11)2)19-10-13-4-6-14(7-5-13)16(17)18/h3-9,17-18H,10H2,1-2H3. The van der Waals surface area contributed by atoms with Gasteiger partial charge in [0.15, 0.2) is 0 Å². The summed E-state index contributed by atoms with van der Waals surface area (Å²) >= 11 is 0. The van der Waals surface area contributed by atoms with Crippen molar-refractivity contribution in [3.8, 4) is 5.75 Å². The van der Waals surface area contributed by atoms with Crippen LogP contribution in [0.15, 0.2) is 42.5 Å². The molecule has 2 N–H and O–H groups in total. The molecule has 0 bridgehead atoms. The molecule has 0 amide bonds. The van der Waals surface area contributed by atoms with Crippen molar-refractivity contribution in [1.82, 2.24) is 0 Å². The average molecular weight is 256 g/mol. The zero-order chi connectivity index (χ0) is 13.8. The van der Waals surface area contributed by atoms with Crippen LogP contribution < -0.4 is 10.2 Å². The van der Waals surface area contributed by atoms with Gasteiger partial charge in [-0.3, -0.25) is 0 Å². The first kappa shape index (κ1) is 13.7. The third-order valence-corrected chi connectivity index (χ3v) is 3.16. The van der Waals surface area contributed by atoms with E-state index in [2.05, 4.69) is 13.8 Å². The van der Waals surface area contributed by atoms with Crippen LogP contribution in [0, 0.1) is 13.8 Å². The van der Waals surface area contributed by atoms with Crippen molar-refractivity contribution in [3.05, 3.63) is 59.2 Å². The maximum absolute atomic E-state index is 9.00. The topological polar surface area (TPSA) is 49.7 Å². The van der Waals surface area contributed by atoms with Gasteiger partial charge in [-0.2, -0.15) is 0 Å². The highest BCUT2D eigenvalue weighted by Crippen LogP contribution is 2.17. The van der Waals surface area contributed by atoms with Gasteiger partial charge in [0.2, 0.25) is 0 Å². The Hall–Kier alpha value is -1.78. The first-order chi connectivity index (χ1) is 9.06. The smallest absolute Gasteiger partial charge is 0.488 e. The minimum atomic E-state index is -1.42. The molecule has 0 saturated heterocycles. The van der Waals surface area contributed by atoms with Crippen molar-refractivity contribution in [1.29, 1.82) is 0 Å². The van der Waals surface area contributed by atoms with Gasteiger partial charge in [0.1, 0.15) is 12.4 Å². The summed E-state index contributed by atoms with van der Waals surface area (Å²) in [5.41, 5.74) is 3.92. The molecule has 0 spiro atoms. The lowest BCUT2D eigenvalue weighted by molar-refractivity contribution is 0.306. The minimum Gasteiger partial charge on any atom is -0.489 e. The number of benzene rings is 2. The molecular formula is C15H17BO3. The van der Waals surface area contributed by atoms with Crippen molar-refractivity contribution >= 4 is 12.6 Å². The van der Waals surface area contributed by atoms with Gasteiger partial charge in [0, 0.05) is 0 Å². The molecule has 0 aliphatic rings. The number of hydrogen-bond acceptors (Lipinski definition) is 3. The molecular weight excluding hydrogens is 239 g/mol. The molecule has 0 aliphatic heterocycles. The van der Waals surface area contributed by atoms with Crippen LogP contribution in [0.1, 0.15) is 16.7 Å². The van der Waals surface area contributed by atoms with E-state index in [9.17, 15) is 0 Å². The Bertz CT molecular complexity index is 550. The summed E-state index contributed by atoms with van der Waals surface area (Å²) < 4.78 is 5.70. The van der Waals surface area contributed by atoms with Crippen LogP contribution in [0.2, 0.25) is 0 Å². The molecule has 4 heteroatoms. The number of ether oxygens (including phenoxy) is 1. The van der Waals surface area contributed by atoms with E-state index in [1.165, 1.54) is 11.1 Å². The molecule has 2 aromatic carbocycles. The van der Waals surface area contributed by atoms with E-state index in [0.29, 0.717) is 12.1 Å². The van der Waals surface area contributed by atoms with Gasteiger partial charge >= 0.3 is 7.12 Å². The van der Waals surface area contributed by atoms with Crippen LogP contribution in [-0.4, -0.2) is 17.2 Å². The zero-order valence-electron chi connectivity index (χ0n) is 11.1. The lowest BCUT2D eigenvalue weighted by atomic mass is 9.80. The van der Waals surface area contributed by atoms with Crippen LogP contribution in [-0.2, 0) is 6.61 Å². The van der Waals surface area contributed by atoms with Crippen molar-refractivity contribution in [2.24, 2.45) is 0 Å². The Morgan fingerprint density at radius 2 is 1.63 bits per heavy atom. The van der Waals surface area contributed by atoms with Gasteiger partial charge in [0.05, 0.1) is 0 Å². The van der Waals surface area contributed by atoms with Gasteiger partial charge in [0.25, 0.3) is 0 Å². The Kier molecular flexibility index (Phi) is 4.25.